The van der Waals surface area contributed by atoms with Gasteiger partial charge in [0.25, 0.3) is 0 Å². The standard InChI is InChI=1S/C15H21N3O3/c1-3-18(10-11-6-8-16-9-7-11)14(21)17-15(2,13(19)20)12-4-5-12/h6-9,12H,3-5,10H2,1-2H3,(H,17,21)(H,19,20). The Labute approximate surface area is 124 Å². The lowest BCUT2D eigenvalue weighted by Crippen LogP contribution is -2.57. The molecule has 6 heteroatoms. The minimum atomic E-state index is -1.18. The molecule has 2 rings (SSSR count). The number of urea groups is 1. The highest BCUT2D eigenvalue weighted by atomic mass is 16.4. The lowest BCUT2D eigenvalue weighted by atomic mass is 9.96. The number of carboxylic acid groups (broad SMARTS) is 1. The molecule has 1 aromatic rings. The number of amides is 2. The highest BCUT2D eigenvalue weighted by molar-refractivity contribution is 5.86. The summed E-state index contributed by atoms with van der Waals surface area (Å²) in [5.74, 6) is -0.947. The maximum atomic E-state index is 12.4. The van der Waals surface area contributed by atoms with Crippen molar-refractivity contribution in [2.45, 2.75) is 38.8 Å². The molecule has 1 atom stereocenters. The van der Waals surface area contributed by atoms with E-state index in [1.165, 1.54) is 0 Å². The fourth-order valence-electron chi connectivity index (χ4n) is 2.33. The van der Waals surface area contributed by atoms with Gasteiger partial charge in [-0.1, -0.05) is 0 Å². The van der Waals surface area contributed by atoms with Crippen LogP contribution in [-0.4, -0.2) is 39.1 Å². The highest BCUT2D eigenvalue weighted by Gasteiger charge is 2.49. The van der Waals surface area contributed by atoms with E-state index in [1.807, 2.05) is 19.1 Å². The second kappa shape index (κ2) is 6.11. The molecule has 21 heavy (non-hydrogen) atoms. The van der Waals surface area contributed by atoms with E-state index >= 15 is 0 Å². The monoisotopic (exact) mass is 291 g/mol. The summed E-state index contributed by atoms with van der Waals surface area (Å²) in [6, 6.07) is 3.34. The van der Waals surface area contributed by atoms with Crippen molar-refractivity contribution in [1.82, 2.24) is 15.2 Å². The Bertz CT molecular complexity index is 516. The Kier molecular flexibility index (Phi) is 4.45. The smallest absolute Gasteiger partial charge is 0.329 e. The van der Waals surface area contributed by atoms with Crippen LogP contribution in [0, 0.1) is 5.92 Å². The molecular weight excluding hydrogens is 270 g/mol. The Morgan fingerprint density at radius 3 is 2.52 bits per heavy atom. The predicted molar refractivity (Wildman–Crippen MR) is 77.6 cm³/mol. The summed E-state index contributed by atoms with van der Waals surface area (Å²) in [7, 11) is 0. The van der Waals surface area contributed by atoms with Crippen molar-refractivity contribution in [3.05, 3.63) is 30.1 Å². The van der Waals surface area contributed by atoms with Gasteiger partial charge in [0.05, 0.1) is 0 Å². The molecule has 0 radical (unpaired) electrons. The van der Waals surface area contributed by atoms with E-state index in [0.29, 0.717) is 13.1 Å². The molecule has 1 aliphatic rings. The van der Waals surface area contributed by atoms with Crippen molar-refractivity contribution in [2.24, 2.45) is 5.92 Å². The van der Waals surface area contributed by atoms with Crippen LogP contribution in [0.5, 0.6) is 0 Å². The molecule has 0 saturated heterocycles. The highest BCUT2D eigenvalue weighted by Crippen LogP contribution is 2.39. The Morgan fingerprint density at radius 1 is 1.43 bits per heavy atom. The Morgan fingerprint density at radius 2 is 2.05 bits per heavy atom. The zero-order valence-corrected chi connectivity index (χ0v) is 12.4. The van der Waals surface area contributed by atoms with Crippen LogP contribution in [0.25, 0.3) is 0 Å². The van der Waals surface area contributed by atoms with Crippen LogP contribution >= 0.6 is 0 Å². The Balaban J connectivity index is 2.04. The molecule has 0 aliphatic heterocycles. The molecule has 1 aliphatic carbocycles. The largest absolute Gasteiger partial charge is 0.480 e. The SMILES string of the molecule is CCN(Cc1ccncc1)C(=O)NC(C)(C(=O)O)C1CC1. The summed E-state index contributed by atoms with van der Waals surface area (Å²) >= 11 is 0. The zero-order valence-electron chi connectivity index (χ0n) is 12.4. The minimum absolute atomic E-state index is 0.0265. The molecule has 1 fully saturated rings. The van der Waals surface area contributed by atoms with E-state index in [0.717, 1.165) is 18.4 Å². The number of carboxylic acids is 1. The fraction of sp³-hybridized carbons (Fsp3) is 0.533. The zero-order chi connectivity index (χ0) is 15.5. The molecule has 6 nitrogen and oxygen atoms in total. The van der Waals surface area contributed by atoms with E-state index < -0.39 is 11.5 Å². The van der Waals surface area contributed by atoms with E-state index in [2.05, 4.69) is 10.3 Å². The Hall–Kier alpha value is -2.11. The average molecular weight is 291 g/mol. The van der Waals surface area contributed by atoms with Crippen molar-refractivity contribution < 1.29 is 14.7 Å². The van der Waals surface area contributed by atoms with Crippen molar-refractivity contribution >= 4 is 12.0 Å². The topological polar surface area (TPSA) is 82.5 Å². The first-order chi connectivity index (χ1) is 9.97. The third-order valence-electron chi connectivity index (χ3n) is 4.00. The van der Waals surface area contributed by atoms with Crippen LogP contribution in [-0.2, 0) is 11.3 Å². The van der Waals surface area contributed by atoms with E-state index in [9.17, 15) is 14.7 Å². The van der Waals surface area contributed by atoms with Crippen molar-refractivity contribution in [3.8, 4) is 0 Å². The first-order valence-corrected chi connectivity index (χ1v) is 7.16. The first kappa shape index (κ1) is 15.3. The molecular formula is C15H21N3O3. The van der Waals surface area contributed by atoms with Gasteiger partial charge in [-0.3, -0.25) is 4.98 Å². The van der Waals surface area contributed by atoms with Gasteiger partial charge < -0.3 is 15.3 Å². The molecule has 2 N–H and O–H groups in total. The number of aliphatic carboxylic acids is 1. The number of hydrogen-bond acceptors (Lipinski definition) is 3. The molecule has 2 amide bonds. The number of carbonyl (C=O) groups excluding carboxylic acids is 1. The summed E-state index contributed by atoms with van der Waals surface area (Å²) in [6.45, 7) is 4.40. The third kappa shape index (κ3) is 3.51. The summed E-state index contributed by atoms with van der Waals surface area (Å²) in [6.07, 6.45) is 5.04. The van der Waals surface area contributed by atoms with Crippen LogP contribution in [0.15, 0.2) is 24.5 Å². The van der Waals surface area contributed by atoms with Gasteiger partial charge in [-0.15, -0.1) is 0 Å². The van der Waals surface area contributed by atoms with Crippen LogP contribution in [0.1, 0.15) is 32.3 Å². The van der Waals surface area contributed by atoms with Crippen LogP contribution < -0.4 is 5.32 Å². The van der Waals surface area contributed by atoms with Crippen molar-refractivity contribution in [3.63, 3.8) is 0 Å². The normalized spacial score (nSPS) is 16.9. The van der Waals surface area contributed by atoms with E-state index in [4.69, 9.17) is 0 Å². The summed E-state index contributed by atoms with van der Waals surface area (Å²) in [5, 5.41) is 12.1. The maximum absolute atomic E-state index is 12.4. The van der Waals surface area contributed by atoms with E-state index in [-0.39, 0.29) is 11.9 Å². The lowest BCUT2D eigenvalue weighted by Gasteiger charge is -2.30. The summed E-state index contributed by atoms with van der Waals surface area (Å²) in [5.41, 5.74) is -0.214. The number of nitrogens with one attached hydrogen (secondary N) is 1. The number of carbonyl (C=O) groups is 2. The average Bonchev–Trinajstić information content (AvgIpc) is 3.30. The number of aromatic nitrogens is 1. The number of nitrogens with zero attached hydrogens (tertiary/aromatic N) is 2. The summed E-state index contributed by atoms with van der Waals surface area (Å²) in [4.78, 5) is 29.4. The molecule has 0 spiro atoms. The maximum Gasteiger partial charge on any atom is 0.329 e. The molecule has 0 bridgehead atoms. The van der Waals surface area contributed by atoms with Crippen molar-refractivity contribution in [1.29, 1.82) is 0 Å². The fourth-order valence-corrected chi connectivity index (χ4v) is 2.33. The van der Waals surface area contributed by atoms with Gasteiger partial charge in [-0.05, 0) is 50.3 Å². The van der Waals surface area contributed by atoms with Gasteiger partial charge >= 0.3 is 12.0 Å². The molecule has 1 unspecified atom stereocenters. The van der Waals surface area contributed by atoms with Crippen LogP contribution in [0.4, 0.5) is 4.79 Å². The predicted octanol–water partition coefficient (Wildman–Crippen LogP) is 1.87. The van der Waals surface area contributed by atoms with Crippen LogP contribution in [0.3, 0.4) is 0 Å². The lowest BCUT2D eigenvalue weighted by molar-refractivity contribution is -0.144. The van der Waals surface area contributed by atoms with Gasteiger partial charge in [-0.2, -0.15) is 0 Å². The van der Waals surface area contributed by atoms with Gasteiger partial charge in [0.15, 0.2) is 0 Å². The number of pyridine rings is 1. The second-order valence-electron chi connectivity index (χ2n) is 5.58. The third-order valence-corrected chi connectivity index (χ3v) is 4.00. The molecule has 114 valence electrons. The van der Waals surface area contributed by atoms with E-state index in [1.54, 1.807) is 24.2 Å². The molecule has 1 heterocycles. The summed E-state index contributed by atoms with van der Waals surface area (Å²) < 4.78 is 0. The molecule has 1 aromatic heterocycles. The minimum Gasteiger partial charge on any atom is -0.480 e. The van der Waals surface area contributed by atoms with Gasteiger partial charge in [-0.25, -0.2) is 9.59 Å². The van der Waals surface area contributed by atoms with Crippen molar-refractivity contribution in [2.75, 3.05) is 6.54 Å². The quantitative estimate of drug-likeness (QED) is 0.838. The van der Waals surface area contributed by atoms with Gasteiger partial charge in [0, 0.05) is 25.5 Å². The van der Waals surface area contributed by atoms with Gasteiger partial charge in [0.1, 0.15) is 5.54 Å². The number of hydrogen-bond donors (Lipinski definition) is 2. The number of rotatable bonds is 6. The van der Waals surface area contributed by atoms with Gasteiger partial charge in [0.2, 0.25) is 0 Å². The second-order valence-corrected chi connectivity index (χ2v) is 5.58. The van der Waals surface area contributed by atoms with Crippen LogP contribution in [0.2, 0.25) is 0 Å². The first-order valence-electron chi connectivity index (χ1n) is 7.16. The molecule has 0 aromatic carbocycles. The molecule has 1 saturated carbocycles.